The molecule has 0 spiro atoms. The zero-order chi connectivity index (χ0) is 25.5. The van der Waals surface area contributed by atoms with Gasteiger partial charge in [0, 0.05) is 11.6 Å². The largest absolute Gasteiger partial charge is 0.493 e. The Labute approximate surface area is 212 Å². The monoisotopic (exact) mass is 496 g/mol. The Morgan fingerprint density at radius 2 is 1.56 bits per heavy atom. The van der Waals surface area contributed by atoms with Crippen LogP contribution >= 0.6 is 0 Å². The number of unbranched alkanes of at least 4 members (excludes halogenated alkanes) is 2. The number of halogens is 3. The first-order valence-corrected chi connectivity index (χ1v) is 13.1. The highest BCUT2D eigenvalue weighted by molar-refractivity contribution is 5.65. The van der Waals surface area contributed by atoms with E-state index >= 15 is 0 Å². The normalized spacial score (nSPS) is 17.7. The van der Waals surface area contributed by atoms with Crippen molar-refractivity contribution in [3.8, 4) is 22.6 Å². The van der Waals surface area contributed by atoms with E-state index in [2.05, 4.69) is 13.8 Å². The third-order valence-electron chi connectivity index (χ3n) is 7.15. The molecule has 3 aromatic carbocycles. The highest BCUT2D eigenvalue weighted by Crippen LogP contribution is 2.38. The molecular weight excluding hydrogens is 461 g/mol. The standard InChI is InChI=1S/C31H35F3O2/c1-3-4-5-18-35-25-14-17-29(28(32)19-25)36-20-22-8-12-24(13-9-22)27-16-15-26(30(33)31(27)34)23-10-6-21(2)7-11-23/h8-9,12-17,19,21,23H,3-7,10-11,18,20H2,1-2H3. The second-order valence-corrected chi connectivity index (χ2v) is 9.92. The van der Waals surface area contributed by atoms with Gasteiger partial charge in [-0.2, -0.15) is 0 Å². The zero-order valence-electron chi connectivity index (χ0n) is 21.2. The summed E-state index contributed by atoms with van der Waals surface area (Å²) in [5.74, 6) is -0.640. The van der Waals surface area contributed by atoms with Gasteiger partial charge in [-0.3, -0.25) is 0 Å². The maximum atomic E-state index is 15.0. The minimum Gasteiger partial charge on any atom is -0.493 e. The lowest BCUT2D eigenvalue weighted by Gasteiger charge is -2.27. The Morgan fingerprint density at radius 3 is 2.25 bits per heavy atom. The molecule has 0 atom stereocenters. The van der Waals surface area contributed by atoms with Crippen molar-refractivity contribution in [2.24, 2.45) is 5.92 Å². The molecule has 0 heterocycles. The van der Waals surface area contributed by atoms with E-state index in [-0.39, 0.29) is 23.8 Å². The summed E-state index contributed by atoms with van der Waals surface area (Å²) in [5, 5.41) is 0. The number of hydrogen-bond donors (Lipinski definition) is 0. The van der Waals surface area contributed by atoms with Crippen molar-refractivity contribution in [3.05, 3.63) is 83.2 Å². The summed E-state index contributed by atoms with van der Waals surface area (Å²) in [5.41, 5.74) is 2.13. The van der Waals surface area contributed by atoms with E-state index in [1.807, 2.05) is 0 Å². The van der Waals surface area contributed by atoms with Gasteiger partial charge in [-0.1, -0.05) is 75.9 Å². The van der Waals surface area contributed by atoms with Gasteiger partial charge in [0.05, 0.1) is 6.61 Å². The summed E-state index contributed by atoms with van der Waals surface area (Å²) in [6.07, 6.45) is 7.03. The topological polar surface area (TPSA) is 18.5 Å². The Morgan fingerprint density at radius 1 is 0.806 bits per heavy atom. The fourth-order valence-corrected chi connectivity index (χ4v) is 4.85. The maximum Gasteiger partial charge on any atom is 0.168 e. The summed E-state index contributed by atoms with van der Waals surface area (Å²) in [7, 11) is 0. The molecule has 0 aromatic heterocycles. The Balaban J connectivity index is 1.37. The van der Waals surface area contributed by atoms with Crippen LogP contribution in [0.3, 0.4) is 0 Å². The number of ether oxygens (including phenoxy) is 2. The van der Waals surface area contributed by atoms with Gasteiger partial charge in [-0.05, 0) is 59.9 Å². The second kappa shape index (κ2) is 12.3. The molecule has 4 rings (SSSR count). The SMILES string of the molecule is CCCCCOc1ccc(OCc2ccc(-c3ccc(C4CCC(C)CC4)c(F)c3F)cc2)c(F)c1. The summed E-state index contributed by atoms with van der Waals surface area (Å²) in [6.45, 7) is 5.05. The van der Waals surface area contributed by atoms with Crippen molar-refractivity contribution < 1.29 is 22.6 Å². The van der Waals surface area contributed by atoms with Gasteiger partial charge in [-0.15, -0.1) is 0 Å². The van der Waals surface area contributed by atoms with Crippen LogP contribution < -0.4 is 9.47 Å². The smallest absolute Gasteiger partial charge is 0.168 e. The summed E-state index contributed by atoms with van der Waals surface area (Å²) in [6, 6.07) is 15.1. The van der Waals surface area contributed by atoms with E-state index < -0.39 is 17.5 Å². The molecule has 0 radical (unpaired) electrons. The van der Waals surface area contributed by atoms with E-state index in [1.165, 1.54) is 6.07 Å². The number of rotatable bonds is 10. The van der Waals surface area contributed by atoms with Crippen molar-refractivity contribution in [1.29, 1.82) is 0 Å². The number of benzene rings is 3. The molecule has 2 nitrogen and oxygen atoms in total. The fraction of sp³-hybridized carbons (Fsp3) is 0.419. The molecule has 0 aliphatic heterocycles. The van der Waals surface area contributed by atoms with Crippen molar-refractivity contribution in [2.45, 2.75) is 71.3 Å². The van der Waals surface area contributed by atoms with Gasteiger partial charge in [0.1, 0.15) is 12.4 Å². The number of hydrogen-bond acceptors (Lipinski definition) is 2. The predicted octanol–water partition coefficient (Wildman–Crippen LogP) is 9.21. The molecule has 192 valence electrons. The first-order chi connectivity index (χ1) is 17.5. The minimum atomic E-state index is -0.797. The third kappa shape index (κ3) is 6.43. The van der Waals surface area contributed by atoms with Crippen molar-refractivity contribution >= 4 is 0 Å². The molecule has 0 N–H and O–H groups in total. The predicted molar refractivity (Wildman–Crippen MR) is 138 cm³/mol. The van der Waals surface area contributed by atoms with Crippen molar-refractivity contribution in [2.75, 3.05) is 6.61 Å². The van der Waals surface area contributed by atoms with Crippen LogP contribution in [0.2, 0.25) is 0 Å². The highest BCUT2D eigenvalue weighted by Gasteiger charge is 2.25. The van der Waals surface area contributed by atoms with Crippen LogP contribution in [-0.2, 0) is 6.61 Å². The molecule has 3 aromatic rings. The summed E-state index contributed by atoms with van der Waals surface area (Å²) >= 11 is 0. The van der Waals surface area contributed by atoms with Crippen LogP contribution in [0.4, 0.5) is 13.2 Å². The van der Waals surface area contributed by atoms with Crippen LogP contribution in [0.1, 0.15) is 75.8 Å². The van der Waals surface area contributed by atoms with Crippen LogP contribution in [0.25, 0.3) is 11.1 Å². The van der Waals surface area contributed by atoms with Gasteiger partial charge in [0.25, 0.3) is 0 Å². The molecule has 0 amide bonds. The first-order valence-electron chi connectivity index (χ1n) is 13.1. The van der Waals surface area contributed by atoms with Gasteiger partial charge >= 0.3 is 0 Å². The van der Waals surface area contributed by atoms with Crippen LogP contribution in [-0.4, -0.2) is 6.61 Å². The Kier molecular flexibility index (Phi) is 8.95. The van der Waals surface area contributed by atoms with E-state index in [0.717, 1.165) is 50.5 Å². The molecule has 0 saturated heterocycles. The average Bonchev–Trinajstić information content (AvgIpc) is 2.89. The molecule has 36 heavy (non-hydrogen) atoms. The molecule has 1 aliphatic carbocycles. The van der Waals surface area contributed by atoms with E-state index in [9.17, 15) is 13.2 Å². The Hall–Kier alpha value is -2.95. The minimum absolute atomic E-state index is 0.0892. The van der Waals surface area contributed by atoms with Gasteiger partial charge in [0.15, 0.2) is 23.2 Å². The molecule has 1 fully saturated rings. The van der Waals surface area contributed by atoms with Gasteiger partial charge in [0.2, 0.25) is 0 Å². The van der Waals surface area contributed by atoms with Gasteiger partial charge < -0.3 is 9.47 Å². The van der Waals surface area contributed by atoms with E-state index in [0.29, 0.717) is 29.4 Å². The quantitative estimate of drug-likeness (QED) is 0.261. The molecular formula is C31H35F3O2. The summed E-state index contributed by atoms with van der Waals surface area (Å²) in [4.78, 5) is 0. The highest BCUT2D eigenvalue weighted by atomic mass is 19.2. The van der Waals surface area contributed by atoms with Gasteiger partial charge in [-0.25, -0.2) is 13.2 Å². The molecule has 0 unspecified atom stereocenters. The fourth-order valence-electron chi connectivity index (χ4n) is 4.85. The van der Waals surface area contributed by atoms with Crippen LogP contribution in [0.15, 0.2) is 54.6 Å². The molecule has 1 saturated carbocycles. The maximum absolute atomic E-state index is 15.0. The van der Waals surface area contributed by atoms with E-state index in [1.54, 1.807) is 48.5 Å². The lowest BCUT2D eigenvalue weighted by molar-refractivity contribution is 0.283. The average molecular weight is 497 g/mol. The molecule has 5 heteroatoms. The zero-order valence-corrected chi connectivity index (χ0v) is 21.2. The lowest BCUT2D eigenvalue weighted by atomic mass is 9.79. The van der Waals surface area contributed by atoms with E-state index in [4.69, 9.17) is 9.47 Å². The van der Waals surface area contributed by atoms with Crippen molar-refractivity contribution in [3.63, 3.8) is 0 Å². The molecule has 1 aliphatic rings. The van der Waals surface area contributed by atoms with Crippen LogP contribution in [0, 0.1) is 23.4 Å². The van der Waals surface area contributed by atoms with Crippen molar-refractivity contribution in [1.82, 2.24) is 0 Å². The first kappa shape index (κ1) is 26.1. The lowest BCUT2D eigenvalue weighted by Crippen LogP contribution is -2.13. The van der Waals surface area contributed by atoms with Crippen LogP contribution in [0.5, 0.6) is 11.5 Å². The summed E-state index contributed by atoms with van der Waals surface area (Å²) < 4.78 is 55.5. The Bertz CT molecular complexity index is 1140. The molecule has 0 bridgehead atoms. The third-order valence-corrected chi connectivity index (χ3v) is 7.15. The second-order valence-electron chi connectivity index (χ2n) is 9.92.